The van der Waals surface area contributed by atoms with Gasteiger partial charge >= 0.3 is 0 Å². The van der Waals surface area contributed by atoms with E-state index in [9.17, 15) is 4.79 Å². The van der Waals surface area contributed by atoms with Crippen molar-refractivity contribution in [3.63, 3.8) is 0 Å². The van der Waals surface area contributed by atoms with Crippen molar-refractivity contribution in [2.24, 2.45) is 0 Å². The Morgan fingerprint density at radius 3 is 2.58 bits per heavy atom. The van der Waals surface area contributed by atoms with Gasteiger partial charge in [-0.05, 0) is 38.5 Å². The number of ether oxygens (including phenoxy) is 1. The number of nitrogens with zero attached hydrogens (tertiary/aromatic N) is 2. The number of pyridine rings is 1. The summed E-state index contributed by atoms with van der Waals surface area (Å²) in [6, 6.07) is 5.45. The van der Waals surface area contributed by atoms with Gasteiger partial charge in [0.15, 0.2) is 0 Å². The Morgan fingerprint density at radius 1 is 1.25 bits per heavy atom. The minimum absolute atomic E-state index is 0.0320. The quantitative estimate of drug-likeness (QED) is 0.847. The predicted octanol–water partition coefficient (Wildman–Crippen LogP) is 4.28. The second-order valence-electron chi connectivity index (χ2n) is 5.37. The molecule has 1 amide bonds. The zero-order chi connectivity index (χ0) is 17.7. The van der Waals surface area contributed by atoms with Gasteiger partial charge in [0.05, 0.1) is 30.2 Å². The third kappa shape index (κ3) is 3.97. The van der Waals surface area contributed by atoms with Crippen LogP contribution in [0.1, 0.15) is 29.8 Å². The average molecular weight is 348 g/mol. The molecule has 0 aliphatic rings. The first-order valence-electron chi connectivity index (χ1n) is 7.85. The number of carbonyl (C=O) groups is 1. The number of methoxy groups -OCH3 is 1. The first kappa shape index (κ1) is 18.1. The molecule has 1 N–H and O–H groups in total. The molecule has 2 aromatic rings. The van der Waals surface area contributed by atoms with Crippen LogP contribution in [-0.2, 0) is 0 Å². The molecule has 6 heteroatoms. The molecule has 5 nitrogen and oxygen atoms in total. The summed E-state index contributed by atoms with van der Waals surface area (Å²) in [6.45, 7) is 7.16. The summed E-state index contributed by atoms with van der Waals surface area (Å²) < 4.78 is 5.36. The second kappa shape index (κ2) is 8.02. The molecule has 0 aliphatic heterocycles. The molecular weight excluding hydrogens is 326 g/mol. The van der Waals surface area contributed by atoms with Crippen LogP contribution < -0.4 is 10.1 Å². The molecule has 1 aromatic heterocycles. The fraction of sp³-hybridized carbons (Fsp3) is 0.333. The van der Waals surface area contributed by atoms with Gasteiger partial charge in [-0.2, -0.15) is 0 Å². The van der Waals surface area contributed by atoms with Crippen LogP contribution in [0, 0.1) is 6.92 Å². The molecule has 0 atom stereocenters. The van der Waals surface area contributed by atoms with Crippen LogP contribution >= 0.6 is 11.6 Å². The molecule has 1 aromatic carbocycles. The van der Waals surface area contributed by atoms with E-state index in [0.717, 1.165) is 11.3 Å². The van der Waals surface area contributed by atoms with Crippen LogP contribution in [-0.4, -0.2) is 36.0 Å². The fourth-order valence-electron chi connectivity index (χ4n) is 2.40. The number of carbonyl (C=O) groups excluding carboxylic acids is 1. The number of benzene rings is 1. The van der Waals surface area contributed by atoms with Gasteiger partial charge in [0.2, 0.25) is 0 Å². The first-order valence-corrected chi connectivity index (χ1v) is 8.23. The number of nitrogens with one attached hydrogen (secondary N) is 1. The van der Waals surface area contributed by atoms with E-state index in [2.05, 4.69) is 10.3 Å². The van der Waals surface area contributed by atoms with Crippen molar-refractivity contribution in [1.82, 2.24) is 9.88 Å². The van der Waals surface area contributed by atoms with Gasteiger partial charge < -0.3 is 15.0 Å². The monoisotopic (exact) mass is 347 g/mol. The van der Waals surface area contributed by atoms with Crippen molar-refractivity contribution in [2.45, 2.75) is 20.8 Å². The Morgan fingerprint density at radius 2 is 1.96 bits per heavy atom. The van der Waals surface area contributed by atoms with Crippen LogP contribution in [0.2, 0.25) is 5.02 Å². The Labute approximate surface area is 147 Å². The van der Waals surface area contributed by atoms with Gasteiger partial charge in [-0.15, -0.1) is 0 Å². The van der Waals surface area contributed by atoms with Gasteiger partial charge in [-0.25, -0.2) is 0 Å². The molecule has 0 fully saturated rings. The molecule has 0 aliphatic carbocycles. The summed E-state index contributed by atoms with van der Waals surface area (Å²) in [7, 11) is 1.59. The van der Waals surface area contributed by atoms with Crippen molar-refractivity contribution < 1.29 is 9.53 Å². The zero-order valence-electron chi connectivity index (χ0n) is 14.4. The number of hydrogen-bond acceptors (Lipinski definition) is 4. The van der Waals surface area contributed by atoms with Gasteiger partial charge in [0, 0.05) is 30.4 Å². The Hall–Kier alpha value is -2.27. The molecule has 2 rings (SSSR count). The molecule has 0 spiro atoms. The van der Waals surface area contributed by atoms with Crippen molar-refractivity contribution in [1.29, 1.82) is 0 Å². The molecule has 0 saturated heterocycles. The number of aromatic nitrogens is 1. The molecule has 0 bridgehead atoms. The average Bonchev–Trinajstić information content (AvgIpc) is 2.59. The smallest absolute Gasteiger partial charge is 0.255 e. The third-order valence-corrected chi connectivity index (χ3v) is 4.20. The summed E-state index contributed by atoms with van der Waals surface area (Å²) in [5, 5.41) is 3.88. The highest BCUT2D eigenvalue weighted by atomic mass is 35.5. The van der Waals surface area contributed by atoms with Gasteiger partial charge in [0.25, 0.3) is 5.91 Å². The molecule has 1 heterocycles. The lowest BCUT2D eigenvalue weighted by Gasteiger charge is -2.19. The third-order valence-electron chi connectivity index (χ3n) is 3.80. The largest absolute Gasteiger partial charge is 0.495 e. The summed E-state index contributed by atoms with van der Waals surface area (Å²) in [4.78, 5) is 18.4. The van der Waals surface area contributed by atoms with Gasteiger partial charge in [0.1, 0.15) is 5.75 Å². The lowest BCUT2D eigenvalue weighted by Crippen LogP contribution is -2.30. The summed E-state index contributed by atoms with van der Waals surface area (Å²) in [5.41, 5.74) is 2.97. The maximum Gasteiger partial charge on any atom is 0.255 e. The minimum atomic E-state index is -0.0320. The molecule has 0 radical (unpaired) electrons. The Bertz CT molecular complexity index is 730. The number of amides is 1. The normalized spacial score (nSPS) is 10.4. The lowest BCUT2D eigenvalue weighted by atomic mass is 10.2. The van der Waals surface area contributed by atoms with Crippen molar-refractivity contribution >= 4 is 28.9 Å². The maximum absolute atomic E-state index is 12.4. The topological polar surface area (TPSA) is 54.5 Å². The maximum atomic E-state index is 12.4. The second-order valence-corrected chi connectivity index (χ2v) is 5.77. The zero-order valence-corrected chi connectivity index (χ0v) is 15.1. The highest BCUT2D eigenvalue weighted by molar-refractivity contribution is 6.31. The number of hydrogen-bond donors (Lipinski definition) is 1. The first-order chi connectivity index (χ1) is 11.5. The summed E-state index contributed by atoms with van der Waals surface area (Å²) in [5.74, 6) is 0.599. The van der Waals surface area contributed by atoms with E-state index < -0.39 is 0 Å². The molecule has 128 valence electrons. The van der Waals surface area contributed by atoms with Crippen LogP contribution in [0.3, 0.4) is 0 Å². The van der Waals surface area contributed by atoms with Crippen molar-refractivity contribution in [3.05, 3.63) is 46.7 Å². The summed E-state index contributed by atoms with van der Waals surface area (Å²) >= 11 is 6.13. The molecule has 24 heavy (non-hydrogen) atoms. The van der Waals surface area contributed by atoms with Crippen molar-refractivity contribution in [3.8, 4) is 5.75 Å². The van der Waals surface area contributed by atoms with E-state index in [1.165, 1.54) is 0 Å². The number of rotatable bonds is 6. The molecule has 0 saturated carbocycles. The minimum Gasteiger partial charge on any atom is -0.495 e. The SMILES string of the molecule is CCN(CC)C(=O)c1cncc(Nc2cc(C)c(Cl)cc2OC)c1. The van der Waals surface area contributed by atoms with Crippen LogP contribution in [0.4, 0.5) is 11.4 Å². The van der Waals surface area contributed by atoms with E-state index in [4.69, 9.17) is 16.3 Å². The Balaban J connectivity index is 2.30. The van der Waals surface area contributed by atoms with E-state index in [-0.39, 0.29) is 5.91 Å². The Kier molecular flexibility index (Phi) is 6.04. The number of anilines is 2. The predicted molar refractivity (Wildman–Crippen MR) is 97.5 cm³/mol. The molecule has 0 unspecified atom stereocenters. The highest BCUT2D eigenvalue weighted by Gasteiger charge is 2.14. The summed E-state index contributed by atoms with van der Waals surface area (Å²) in [6.07, 6.45) is 3.25. The number of halogens is 1. The molecular formula is C18H22ClN3O2. The van der Waals surface area contributed by atoms with Gasteiger partial charge in [-0.3, -0.25) is 9.78 Å². The van der Waals surface area contributed by atoms with E-state index in [1.807, 2.05) is 26.8 Å². The van der Waals surface area contributed by atoms with Crippen LogP contribution in [0.5, 0.6) is 5.75 Å². The van der Waals surface area contributed by atoms with Crippen LogP contribution in [0.25, 0.3) is 0 Å². The number of aryl methyl sites for hydroxylation is 1. The van der Waals surface area contributed by atoms with Crippen molar-refractivity contribution in [2.75, 3.05) is 25.5 Å². The standard InChI is InChI=1S/C18H22ClN3O2/c1-5-22(6-2)18(23)13-8-14(11-20-10-13)21-16-7-12(3)15(19)9-17(16)24-4/h7-11,21H,5-6H2,1-4H3. The van der Waals surface area contributed by atoms with Gasteiger partial charge in [-0.1, -0.05) is 11.6 Å². The van der Waals surface area contributed by atoms with E-state index in [0.29, 0.717) is 35.1 Å². The highest BCUT2D eigenvalue weighted by Crippen LogP contribution is 2.33. The lowest BCUT2D eigenvalue weighted by molar-refractivity contribution is 0.0772. The van der Waals surface area contributed by atoms with E-state index >= 15 is 0 Å². The fourth-order valence-corrected chi connectivity index (χ4v) is 2.56. The van der Waals surface area contributed by atoms with Crippen LogP contribution in [0.15, 0.2) is 30.6 Å². The van der Waals surface area contributed by atoms with E-state index in [1.54, 1.807) is 36.5 Å².